The van der Waals surface area contributed by atoms with Gasteiger partial charge in [-0.05, 0) is 17.7 Å². The lowest BCUT2D eigenvalue weighted by atomic mass is 10.2. The van der Waals surface area contributed by atoms with Crippen LogP contribution in [0.3, 0.4) is 0 Å². The molecule has 0 unspecified atom stereocenters. The summed E-state index contributed by atoms with van der Waals surface area (Å²) in [5, 5.41) is 2.46. The molecule has 0 aliphatic heterocycles. The van der Waals surface area contributed by atoms with E-state index in [0.29, 0.717) is 6.54 Å². The largest absolute Gasteiger partial charge is 0.269 e. The fourth-order valence-corrected chi connectivity index (χ4v) is 0.726. The van der Waals surface area contributed by atoms with Crippen LogP contribution in [0, 0.1) is 10.7 Å². The Bertz CT molecular complexity index is 235. The SMILES string of the molecule is O=NNCc1ccc(F)cc1. The Morgan fingerprint density at radius 1 is 1.36 bits per heavy atom. The second-order valence-electron chi connectivity index (χ2n) is 2.05. The van der Waals surface area contributed by atoms with E-state index < -0.39 is 0 Å². The Kier molecular flexibility index (Phi) is 2.54. The van der Waals surface area contributed by atoms with Crippen molar-refractivity contribution in [1.82, 2.24) is 5.43 Å². The van der Waals surface area contributed by atoms with Crippen molar-refractivity contribution in [1.29, 1.82) is 0 Å². The molecule has 0 saturated carbocycles. The van der Waals surface area contributed by atoms with Crippen molar-refractivity contribution >= 4 is 0 Å². The maximum Gasteiger partial charge on any atom is 0.123 e. The van der Waals surface area contributed by atoms with Gasteiger partial charge in [0.05, 0.1) is 6.54 Å². The minimum atomic E-state index is -0.284. The van der Waals surface area contributed by atoms with Crippen LogP contribution in [0.4, 0.5) is 4.39 Å². The lowest BCUT2D eigenvalue weighted by Crippen LogP contribution is -2.02. The molecule has 1 aromatic rings. The zero-order valence-corrected chi connectivity index (χ0v) is 5.75. The van der Waals surface area contributed by atoms with Gasteiger partial charge < -0.3 is 0 Å². The number of nitrogens with zero attached hydrogens (tertiary/aromatic N) is 1. The Morgan fingerprint density at radius 2 is 2.00 bits per heavy atom. The third-order valence-corrected chi connectivity index (χ3v) is 1.26. The highest BCUT2D eigenvalue weighted by molar-refractivity contribution is 5.15. The summed E-state index contributed by atoms with van der Waals surface area (Å²) in [5.41, 5.74) is 3.06. The van der Waals surface area contributed by atoms with E-state index in [1.807, 2.05) is 0 Å². The highest BCUT2D eigenvalue weighted by atomic mass is 19.1. The van der Waals surface area contributed by atoms with Crippen LogP contribution in [0.1, 0.15) is 5.56 Å². The lowest BCUT2D eigenvalue weighted by Gasteiger charge is -1.96. The first kappa shape index (κ1) is 7.65. The predicted octanol–water partition coefficient (Wildman–Crippen LogP) is 1.60. The van der Waals surface area contributed by atoms with Crippen LogP contribution in [0.5, 0.6) is 0 Å². The van der Waals surface area contributed by atoms with E-state index in [2.05, 4.69) is 10.7 Å². The molecule has 1 rings (SSSR count). The number of nitroso groups, excluding NO2 is 1. The minimum absolute atomic E-state index is 0.284. The average Bonchev–Trinajstić information content (AvgIpc) is 2.04. The predicted molar refractivity (Wildman–Crippen MR) is 39.0 cm³/mol. The first-order valence-electron chi connectivity index (χ1n) is 3.12. The van der Waals surface area contributed by atoms with Gasteiger partial charge in [0.1, 0.15) is 5.82 Å². The van der Waals surface area contributed by atoms with Gasteiger partial charge in [0.25, 0.3) is 0 Å². The van der Waals surface area contributed by atoms with E-state index in [9.17, 15) is 9.30 Å². The fourth-order valence-electron chi connectivity index (χ4n) is 0.726. The monoisotopic (exact) mass is 154 g/mol. The van der Waals surface area contributed by atoms with Crippen LogP contribution in [-0.2, 0) is 6.54 Å². The van der Waals surface area contributed by atoms with Crippen molar-refractivity contribution in [3.05, 3.63) is 40.6 Å². The molecule has 1 aromatic carbocycles. The van der Waals surface area contributed by atoms with Gasteiger partial charge in [-0.25, -0.2) is 4.39 Å². The molecular formula is C7H7FN2O. The Morgan fingerprint density at radius 3 is 2.55 bits per heavy atom. The van der Waals surface area contributed by atoms with Gasteiger partial charge >= 0.3 is 0 Å². The molecule has 11 heavy (non-hydrogen) atoms. The minimum Gasteiger partial charge on any atom is -0.269 e. The molecule has 0 atom stereocenters. The second kappa shape index (κ2) is 3.65. The number of benzene rings is 1. The first-order chi connectivity index (χ1) is 5.33. The van der Waals surface area contributed by atoms with Gasteiger partial charge in [0.15, 0.2) is 0 Å². The summed E-state index contributed by atoms with van der Waals surface area (Å²) in [4.78, 5) is 9.61. The van der Waals surface area contributed by atoms with Gasteiger partial charge in [-0.3, -0.25) is 5.43 Å². The summed E-state index contributed by atoms with van der Waals surface area (Å²) in [7, 11) is 0. The number of hydrogen-bond donors (Lipinski definition) is 1. The Labute approximate surface area is 63.2 Å². The van der Waals surface area contributed by atoms with Crippen LogP contribution in [-0.4, -0.2) is 0 Å². The van der Waals surface area contributed by atoms with Gasteiger partial charge in [-0.15, -0.1) is 4.91 Å². The summed E-state index contributed by atoms with van der Waals surface area (Å²) in [5.74, 6) is -0.284. The number of hydrogen-bond acceptors (Lipinski definition) is 2. The molecule has 0 heterocycles. The van der Waals surface area contributed by atoms with E-state index in [1.54, 1.807) is 12.1 Å². The van der Waals surface area contributed by atoms with Crippen molar-refractivity contribution in [3.8, 4) is 0 Å². The highest BCUT2D eigenvalue weighted by Crippen LogP contribution is 2.01. The number of halogens is 1. The van der Waals surface area contributed by atoms with Crippen molar-refractivity contribution in [2.24, 2.45) is 5.29 Å². The molecule has 0 amide bonds. The standard InChI is InChI=1S/C7H7FN2O/c8-7-3-1-6(2-4-7)5-9-10-11/h1-4H,5H2,(H,9,11). The number of rotatable bonds is 3. The molecule has 0 aliphatic carbocycles. The van der Waals surface area contributed by atoms with Crippen LogP contribution in [0.2, 0.25) is 0 Å². The van der Waals surface area contributed by atoms with Gasteiger partial charge in [-0.1, -0.05) is 12.1 Å². The summed E-state index contributed by atoms with van der Waals surface area (Å²) < 4.78 is 12.3. The quantitative estimate of drug-likeness (QED) is 0.530. The third-order valence-electron chi connectivity index (χ3n) is 1.26. The van der Waals surface area contributed by atoms with Crippen LogP contribution in [0.15, 0.2) is 29.6 Å². The Hall–Kier alpha value is -1.45. The topological polar surface area (TPSA) is 41.5 Å². The van der Waals surface area contributed by atoms with E-state index in [0.717, 1.165) is 5.56 Å². The molecule has 0 radical (unpaired) electrons. The van der Waals surface area contributed by atoms with E-state index in [-0.39, 0.29) is 5.82 Å². The molecule has 0 aliphatic rings. The van der Waals surface area contributed by atoms with Crippen molar-refractivity contribution in [3.63, 3.8) is 0 Å². The normalized spacial score (nSPS) is 9.18. The van der Waals surface area contributed by atoms with E-state index >= 15 is 0 Å². The molecule has 0 fully saturated rings. The van der Waals surface area contributed by atoms with Crippen LogP contribution >= 0.6 is 0 Å². The smallest absolute Gasteiger partial charge is 0.123 e. The van der Waals surface area contributed by atoms with E-state index in [1.165, 1.54) is 12.1 Å². The molecule has 58 valence electrons. The van der Waals surface area contributed by atoms with Crippen molar-refractivity contribution in [2.75, 3.05) is 0 Å². The van der Waals surface area contributed by atoms with Crippen molar-refractivity contribution < 1.29 is 4.39 Å². The zero-order valence-electron chi connectivity index (χ0n) is 5.75. The fraction of sp³-hybridized carbons (Fsp3) is 0.143. The second-order valence-corrected chi connectivity index (χ2v) is 2.05. The average molecular weight is 154 g/mol. The molecule has 0 bridgehead atoms. The van der Waals surface area contributed by atoms with Gasteiger partial charge in [0, 0.05) is 5.29 Å². The summed E-state index contributed by atoms with van der Waals surface area (Å²) in [6.45, 7) is 0.337. The van der Waals surface area contributed by atoms with Crippen LogP contribution in [0.25, 0.3) is 0 Å². The third kappa shape index (κ3) is 2.33. The summed E-state index contributed by atoms with van der Waals surface area (Å²) >= 11 is 0. The Balaban J connectivity index is 2.58. The highest BCUT2D eigenvalue weighted by Gasteiger charge is 1.91. The number of nitrogens with one attached hydrogen (secondary N) is 1. The molecule has 0 spiro atoms. The summed E-state index contributed by atoms with van der Waals surface area (Å²) in [6, 6.07) is 5.85. The first-order valence-corrected chi connectivity index (χ1v) is 3.12. The molecule has 3 nitrogen and oxygen atoms in total. The lowest BCUT2D eigenvalue weighted by molar-refractivity contribution is 0.625. The maximum absolute atomic E-state index is 12.3. The summed E-state index contributed by atoms with van der Waals surface area (Å²) in [6.07, 6.45) is 0. The van der Waals surface area contributed by atoms with Gasteiger partial charge in [0.2, 0.25) is 0 Å². The molecule has 1 N–H and O–H groups in total. The maximum atomic E-state index is 12.3. The molecule has 0 aromatic heterocycles. The van der Waals surface area contributed by atoms with Crippen LogP contribution < -0.4 is 5.43 Å². The molecule has 4 heteroatoms. The molecular weight excluding hydrogens is 147 g/mol. The molecule has 0 saturated heterocycles. The van der Waals surface area contributed by atoms with Crippen molar-refractivity contribution in [2.45, 2.75) is 6.54 Å². The van der Waals surface area contributed by atoms with E-state index in [4.69, 9.17) is 0 Å². The van der Waals surface area contributed by atoms with Gasteiger partial charge in [-0.2, -0.15) is 0 Å². The zero-order chi connectivity index (χ0) is 8.10.